The van der Waals surface area contributed by atoms with Crippen molar-refractivity contribution >= 4 is 33.6 Å². The molecule has 2 saturated heterocycles. The SMILES string of the molecule is CC1CN(c2ccncc2NC(=O)c2nc(-c3c(F)cc(C4(F)CCOCC4)cc3F)sc2N)CC(N)C1O. The molecule has 9 nitrogen and oxygen atoms in total. The van der Waals surface area contributed by atoms with Crippen LogP contribution >= 0.6 is 11.3 Å². The molecule has 0 bridgehead atoms. The molecule has 3 atom stereocenters. The van der Waals surface area contributed by atoms with Crippen molar-refractivity contribution in [3.05, 3.63) is 53.5 Å². The molecule has 1 amide bonds. The zero-order chi connectivity index (χ0) is 27.9. The van der Waals surface area contributed by atoms with Crippen molar-refractivity contribution in [1.29, 1.82) is 0 Å². The van der Waals surface area contributed by atoms with Gasteiger partial charge in [-0.05, 0) is 23.8 Å². The summed E-state index contributed by atoms with van der Waals surface area (Å²) in [5.41, 5.74) is 10.4. The van der Waals surface area contributed by atoms with Gasteiger partial charge in [0, 0.05) is 57.3 Å². The van der Waals surface area contributed by atoms with Crippen LogP contribution in [0.2, 0.25) is 0 Å². The number of alkyl halides is 1. The molecule has 2 aliphatic heterocycles. The quantitative estimate of drug-likeness (QED) is 0.371. The van der Waals surface area contributed by atoms with E-state index in [9.17, 15) is 9.90 Å². The summed E-state index contributed by atoms with van der Waals surface area (Å²) in [7, 11) is 0. The highest BCUT2D eigenvalue weighted by Gasteiger charge is 2.36. The Balaban J connectivity index is 1.40. The standard InChI is InChI=1S/C26H29F3N6O3S/c1-13-11-35(12-17(30)22(13)36)19-2-5-32-10-18(19)33-24(37)21-23(31)39-25(34-21)20-15(27)8-14(9-16(20)28)26(29)3-6-38-7-4-26/h2,5,8-10,13,17,22,36H,3-4,6-7,11-12,30-31H2,1H3,(H,33,37). The summed E-state index contributed by atoms with van der Waals surface area (Å²) in [4.78, 5) is 23.3. The number of carbonyl (C=O) groups is 1. The van der Waals surface area contributed by atoms with Crippen LogP contribution in [0, 0.1) is 17.6 Å². The first-order valence-electron chi connectivity index (χ1n) is 12.5. The number of carbonyl (C=O) groups excluding carboxylic acids is 1. The lowest BCUT2D eigenvalue weighted by molar-refractivity contribution is -0.0117. The third-order valence-corrected chi connectivity index (χ3v) is 8.18. The van der Waals surface area contributed by atoms with Crippen molar-refractivity contribution in [2.24, 2.45) is 11.7 Å². The predicted molar refractivity (Wildman–Crippen MR) is 142 cm³/mol. The van der Waals surface area contributed by atoms with E-state index in [2.05, 4.69) is 15.3 Å². The van der Waals surface area contributed by atoms with Gasteiger partial charge in [-0.15, -0.1) is 0 Å². The molecule has 13 heteroatoms. The molecular formula is C26H29F3N6O3S. The van der Waals surface area contributed by atoms with Crippen LogP contribution in [0.3, 0.4) is 0 Å². The largest absolute Gasteiger partial charge is 0.391 e. The van der Waals surface area contributed by atoms with Gasteiger partial charge in [-0.3, -0.25) is 9.78 Å². The fourth-order valence-electron chi connectivity index (χ4n) is 5.07. The van der Waals surface area contributed by atoms with Gasteiger partial charge in [0.2, 0.25) is 0 Å². The number of rotatable bonds is 5. The molecule has 2 aliphatic rings. The summed E-state index contributed by atoms with van der Waals surface area (Å²) in [6.07, 6.45) is 2.38. The molecule has 6 N–H and O–H groups in total. The lowest BCUT2D eigenvalue weighted by atomic mass is 9.87. The molecule has 0 saturated carbocycles. The maximum atomic E-state index is 15.3. The van der Waals surface area contributed by atoms with Crippen molar-refractivity contribution in [2.75, 3.05) is 42.3 Å². The highest BCUT2D eigenvalue weighted by Crippen LogP contribution is 2.40. The first-order valence-corrected chi connectivity index (χ1v) is 13.4. The van der Waals surface area contributed by atoms with Gasteiger partial charge < -0.3 is 31.5 Å². The van der Waals surface area contributed by atoms with E-state index in [4.69, 9.17) is 16.2 Å². The minimum atomic E-state index is -1.89. The molecule has 39 heavy (non-hydrogen) atoms. The number of aliphatic hydroxyl groups excluding tert-OH is 1. The number of nitrogens with one attached hydrogen (secondary N) is 1. The number of aliphatic hydroxyl groups is 1. The summed E-state index contributed by atoms with van der Waals surface area (Å²) >= 11 is 0.750. The summed E-state index contributed by atoms with van der Waals surface area (Å²) in [5.74, 6) is -2.79. The Kier molecular flexibility index (Phi) is 7.51. The van der Waals surface area contributed by atoms with Crippen LogP contribution in [-0.2, 0) is 10.4 Å². The third kappa shape index (κ3) is 5.31. The van der Waals surface area contributed by atoms with Gasteiger partial charge in [-0.25, -0.2) is 18.2 Å². The fourth-order valence-corrected chi connectivity index (χ4v) is 5.95. The van der Waals surface area contributed by atoms with Gasteiger partial charge in [0.15, 0.2) is 5.69 Å². The second-order valence-corrected chi connectivity index (χ2v) is 11.0. The first-order chi connectivity index (χ1) is 18.6. The number of hydrogen-bond donors (Lipinski definition) is 4. The number of anilines is 3. The maximum absolute atomic E-state index is 15.3. The number of nitrogens with two attached hydrogens (primary N) is 2. The number of halogens is 3. The molecule has 0 spiro atoms. The van der Waals surface area contributed by atoms with Crippen LogP contribution in [0.4, 0.5) is 29.5 Å². The fraction of sp³-hybridized carbons (Fsp3) is 0.423. The molecule has 5 rings (SSSR count). The number of amides is 1. The molecule has 0 aliphatic carbocycles. The average Bonchev–Trinajstić information content (AvgIpc) is 3.28. The molecule has 4 heterocycles. The van der Waals surface area contributed by atoms with Crippen LogP contribution < -0.4 is 21.7 Å². The lowest BCUT2D eigenvalue weighted by Crippen LogP contribution is -2.55. The van der Waals surface area contributed by atoms with Crippen LogP contribution in [-0.4, -0.2) is 59.4 Å². The van der Waals surface area contributed by atoms with E-state index < -0.39 is 40.9 Å². The Morgan fingerprint density at radius 3 is 2.62 bits per heavy atom. The summed E-state index contributed by atoms with van der Waals surface area (Å²) in [6.45, 7) is 3.07. The number of nitrogen functional groups attached to an aromatic ring is 1. The van der Waals surface area contributed by atoms with Gasteiger partial charge in [0.05, 0.1) is 29.2 Å². The topological polar surface area (TPSA) is 140 Å². The highest BCUT2D eigenvalue weighted by atomic mass is 32.1. The lowest BCUT2D eigenvalue weighted by Gasteiger charge is -2.40. The van der Waals surface area contributed by atoms with Gasteiger partial charge in [0.25, 0.3) is 5.91 Å². The monoisotopic (exact) mass is 562 g/mol. The summed E-state index contributed by atoms with van der Waals surface area (Å²) in [5, 5.41) is 12.7. The second-order valence-electron chi connectivity index (χ2n) is 10.0. The molecule has 3 unspecified atom stereocenters. The number of nitrogens with zero attached hydrogens (tertiary/aromatic N) is 3. The Bertz CT molecular complexity index is 1350. The van der Waals surface area contributed by atoms with E-state index in [0.29, 0.717) is 24.5 Å². The maximum Gasteiger partial charge on any atom is 0.277 e. The van der Waals surface area contributed by atoms with E-state index in [-0.39, 0.29) is 53.2 Å². The minimum Gasteiger partial charge on any atom is -0.391 e. The second kappa shape index (κ2) is 10.7. The Morgan fingerprint density at radius 2 is 1.95 bits per heavy atom. The number of hydrogen-bond acceptors (Lipinski definition) is 9. The summed E-state index contributed by atoms with van der Waals surface area (Å²) in [6, 6.07) is 3.16. The number of ether oxygens (including phenoxy) is 1. The van der Waals surface area contributed by atoms with E-state index in [1.165, 1.54) is 6.20 Å². The van der Waals surface area contributed by atoms with Crippen molar-refractivity contribution in [1.82, 2.24) is 9.97 Å². The Labute approximate surface area is 227 Å². The number of aromatic nitrogens is 2. The first kappa shape index (κ1) is 27.3. The van der Waals surface area contributed by atoms with E-state index in [1.54, 1.807) is 12.3 Å². The number of thiazole rings is 1. The predicted octanol–water partition coefficient (Wildman–Crippen LogP) is 3.44. The van der Waals surface area contributed by atoms with Crippen LogP contribution in [0.1, 0.15) is 35.8 Å². The smallest absolute Gasteiger partial charge is 0.277 e. The molecule has 2 fully saturated rings. The van der Waals surface area contributed by atoms with Gasteiger partial charge in [-0.1, -0.05) is 18.3 Å². The molecule has 2 aromatic heterocycles. The average molecular weight is 563 g/mol. The molecule has 1 aromatic carbocycles. The van der Waals surface area contributed by atoms with Crippen LogP contribution in [0.5, 0.6) is 0 Å². The van der Waals surface area contributed by atoms with Gasteiger partial charge >= 0.3 is 0 Å². The minimum absolute atomic E-state index is 0.00106. The van der Waals surface area contributed by atoms with Crippen molar-refractivity contribution in [3.63, 3.8) is 0 Å². The van der Waals surface area contributed by atoms with Crippen LogP contribution in [0.15, 0.2) is 30.6 Å². The number of piperidine rings is 1. The van der Waals surface area contributed by atoms with Crippen molar-refractivity contribution in [2.45, 2.75) is 37.6 Å². The molecular weight excluding hydrogens is 533 g/mol. The van der Waals surface area contributed by atoms with Gasteiger partial charge in [0.1, 0.15) is 27.3 Å². The molecule has 3 aromatic rings. The van der Waals surface area contributed by atoms with E-state index in [0.717, 1.165) is 23.5 Å². The van der Waals surface area contributed by atoms with Crippen molar-refractivity contribution in [3.8, 4) is 10.6 Å². The zero-order valence-electron chi connectivity index (χ0n) is 21.2. The van der Waals surface area contributed by atoms with E-state index in [1.807, 2.05) is 11.8 Å². The zero-order valence-corrected chi connectivity index (χ0v) is 22.0. The number of pyridine rings is 1. The van der Waals surface area contributed by atoms with Crippen LogP contribution in [0.25, 0.3) is 10.6 Å². The molecule has 0 radical (unpaired) electrons. The number of benzene rings is 1. The Morgan fingerprint density at radius 1 is 1.26 bits per heavy atom. The normalized spacial score (nSPS) is 23.0. The van der Waals surface area contributed by atoms with Crippen molar-refractivity contribution < 1.29 is 27.8 Å². The van der Waals surface area contributed by atoms with Gasteiger partial charge in [-0.2, -0.15) is 0 Å². The highest BCUT2D eigenvalue weighted by molar-refractivity contribution is 7.19. The molecule has 208 valence electrons. The summed E-state index contributed by atoms with van der Waals surface area (Å²) < 4.78 is 50.7. The van der Waals surface area contributed by atoms with E-state index >= 15 is 13.2 Å². The Hall–Kier alpha value is -3.26. The third-order valence-electron chi connectivity index (χ3n) is 7.28.